The van der Waals surface area contributed by atoms with Gasteiger partial charge in [0.05, 0.1) is 5.56 Å². The number of aromatic nitrogens is 2. The summed E-state index contributed by atoms with van der Waals surface area (Å²) >= 11 is 1.46. The summed E-state index contributed by atoms with van der Waals surface area (Å²) in [7, 11) is 0. The number of hydrogen-bond donors (Lipinski definition) is 1. The standard InChI is InChI=1S/C21H18N4O2S/c1-14-11-15(2)24-21(23-14)28-18-9-7-17(8-10-18)25-20(26)13-27-19-6-4-3-5-16(19)12-22/h3-11H,13H2,1-2H3,(H,25,26). The van der Waals surface area contributed by atoms with Gasteiger partial charge in [-0.2, -0.15) is 5.26 Å². The number of nitriles is 1. The van der Waals surface area contributed by atoms with Crippen molar-refractivity contribution in [2.45, 2.75) is 23.9 Å². The lowest BCUT2D eigenvalue weighted by molar-refractivity contribution is -0.118. The zero-order valence-corrected chi connectivity index (χ0v) is 16.3. The molecular formula is C21H18N4O2S. The topological polar surface area (TPSA) is 87.9 Å². The van der Waals surface area contributed by atoms with E-state index in [-0.39, 0.29) is 12.5 Å². The second-order valence-electron chi connectivity index (χ2n) is 6.00. The highest BCUT2D eigenvalue weighted by Crippen LogP contribution is 2.26. The van der Waals surface area contributed by atoms with E-state index in [1.807, 2.05) is 50.2 Å². The van der Waals surface area contributed by atoms with Gasteiger partial charge in [-0.1, -0.05) is 12.1 Å². The van der Waals surface area contributed by atoms with E-state index in [2.05, 4.69) is 15.3 Å². The van der Waals surface area contributed by atoms with Crippen molar-refractivity contribution in [3.63, 3.8) is 0 Å². The molecule has 140 valence electrons. The molecule has 1 amide bonds. The van der Waals surface area contributed by atoms with Gasteiger partial charge in [0.1, 0.15) is 11.8 Å². The minimum atomic E-state index is -0.300. The van der Waals surface area contributed by atoms with Gasteiger partial charge in [0.2, 0.25) is 0 Å². The number of ether oxygens (including phenoxy) is 1. The molecule has 0 aliphatic rings. The van der Waals surface area contributed by atoms with E-state index in [0.29, 0.717) is 22.2 Å². The first-order chi connectivity index (χ1) is 13.5. The zero-order chi connectivity index (χ0) is 19.9. The largest absolute Gasteiger partial charge is 0.482 e. The highest BCUT2D eigenvalue weighted by atomic mass is 32.2. The normalized spacial score (nSPS) is 10.2. The fraction of sp³-hybridized carbons (Fsp3) is 0.143. The molecular weight excluding hydrogens is 372 g/mol. The van der Waals surface area contributed by atoms with Crippen molar-refractivity contribution in [1.82, 2.24) is 9.97 Å². The van der Waals surface area contributed by atoms with E-state index in [0.717, 1.165) is 16.3 Å². The van der Waals surface area contributed by atoms with E-state index < -0.39 is 0 Å². The Morgan fingerprint density at radius 2 is 1.79 bits per heavy atom. The lowest BCUT2D eigenvalue weighted by atomic mass is 10.2. The van der Waals surface area contributed by atoms with Crippen LogP contribution in [0.25, 0.3) is 0 Å². The van der Waals surface area contributed by atoms with Gasteiger partial charge >= 0.3 is 0 Å². The average Bonchev–Trinajstić information content (AvgIpc) is 2.67. The molecule has 3 aromatic rings. The molecule has 28 heavy (non-hydrogen) atoms. The zero-order valence-electron chi connectivity index (χ0n) is 15.5. The van der Waals surface area contributed by atoms with Crippen molar-refractivity contribution in [2.75, 3.05) is 11.9 Å². The molecule has 6 nitrogen and oxygen atoms in total. The number of carbonyl (C=O) groups is 1. The number of carbonyl (C=O) groups excluding carboxylic acids is 1. The van der Waals surface area contributed by atoms with Crippen LogP contribution in [0.3, 0.4) is 0 Å². The SMILES string of the molecule is Cc1cc(C)nc(Sc2ccc(NC(=O)COc3ccccc3C#N)cc2)n1. The maximum absolute atomic E-state index is 12.1. The van der Waals surface area contributed by atoms with Gasteiger partial charge in [-0.25, -0.2) is 9.97 Å². The van der Waals surface area contributed by atoms with Gasteiger partial charge in [-0.3, -0.25) is 4.79 Å². The van der Waals surface area contributed by atoms with Crippen LogP contribution >= 0.6 is 11.8 Å². The fourth-order valence-corrected chi connectivity index (χ4v) is 3.34. The first kappa shape index (κ1) is 19.4. The Bertz CT molecular complexity index is 1010. The van der Waals surface area contributed by atoms with Gasteiger partial charge in [-0.15, -0.1) is 0 Å². The van der Waals surface area contributed by atoms with Crippen LogP contribution in [-0.2, 0) is 4.79 Å². The summed E-state index contributed by atoms with van der Waals surface area (Å²) in [6.45, 7) is 3.70. The second kappa shape index (κ2) is 9.02. The highest BCUT2D eigenvalue weighted by Gasteiger charge is 2.08. The smallest absolute Gasteiger partial charge is 0.262 e. The molecule has 0 spiro atoms. The van der Waals surface area contributed by atoms with E-state index in [1.165, 1.54) is 11.8 Å². The number of benzene rings is 2. The molecule has 0 saturated heterocycles. The number of para-hydroxylation sites is 1. The molecule has 0 atom stereocenters. The number of hydrogen-bond acceptors (Lipinski definition) is 6. The molecule has 0 aliphatic heterocycles. The lowest BCUT2D eigenvalue weighted by Gasteiger charge is -2.09. The molecule has 1 N–H and O–H groups in total. The Hall–Kier alpha value is -3.37. The van der Waals surface area contributed by atoms with E-state index in [1.54, 1.807) is 24.3 Å². The molecule has 3 rings (SSSR count). The summed E-state index contributed by atoms with van der Waals surface area (Å²) in [4.78, 5) is 21.9. The van der Waals surface area contributed by atoms with Crippen LogP contribution in [0, 0.1) is 25.2 Å². The van der Waals surface area contributed by atoms with Crippen molar-refractivity contribution < 1.29 is 9.53 Å². The van der Waals surface area contributed by atoms with Crippen LogP contribution in [0.15, 0.2) is 64.6 Å². The molecule has 7 heteroatoms. The third kappa shape index (κ3) is 5.32. The summed E-state index contributed by atoms with van der Waals surface area (Å²) in [6, 6.07) is 18.2. The van der Waals surface area contributed by atoms with Crippen molar-refractivity contribution in [3.05, 3.63) is 71.5 Å². The molecule has 0 bridgehead atoms. The second-order valence-corrected chi connectivity index (χ2v) is 7.05. The average molecular weight is 390 g/mol. The van der Waals surface area contributed by atoms with Crippen molar-refractivity contribution in [1.29, 1.82) is 5.26 Å². The third-order valence-electron chi connectivity index (χ3n) is 3.68. The van der Waals surface area contributed by atoms with Crippen LogP contribution < -0.4 is 10.1 Å². The van der Waals surface area contributed by atoms with E-state index in [9.17, 15) is 4.79 Å². The summed E-state index contributed by atoms with van der Waals surface area (Å²) in [6.07, 6.45) is 0. The third-order valence-corrected chi connectivity index (χ3v) is 4.55. The van der Waals surface area contributed by atoms with Gasteiger partial charge in [0.15, 0.2) is 11.8 Å². The summed E-state index contributed by atoms with van der Waals surface area (Å²) < 4.78 is 5.43. The van der Waals surface area contributed by atoms with E-state index >= 15 is 0 Å². The highest BCUT2D eigenvalue weighted by molar-refractivity contribution is 7.99. The van der Waals surface area contributed by atoms with Crippen LogP contribution in [0.4, 0.5) is 5.69 Å². The minimum absolute atomic E-state index is 0.175. The molecule has 0 radical (unpaired) electrons. The Balaban J connectivity index is 1.56. The summed E-state index contributed by atoms with van der Waals surface area (Å²) in [5.41, 5.74) is 2.91. The maximum Gasteiger partial charge on any atom is 0.262 e. The van der Waals surface area contributed by atoms with E-state index in [4.69, 9.17) is 10.00 Å². The van der Waals surface area contributed by atoms with Crippen molar-refractivity contribution in [3.8, 4) is 11.8 Å². The number of anilines is 1. The quantitative estimate of drug-likeness (QED) is 0.637. The van der Waals surface area contributed by atoms with Crippen molar-refractivity contribution >= 4 is 23.4 Å². The predicted molar refractivity (Wildman–Crippen MR) is 107 cm³/mol. The molecule has 0 saturated carbocycles. The lowest BCUT2D eigenvalue weighted by Crippen LogP contribution is -2.20. The molecule has 1 aromatic heterocycles. The van der Waals surface area contributed by atoms with Gasteiger partial charge < -0.3 is 10.1 Å². The summed E-state index contributed by atoms with van der Waals surface area (Å²) in [5.74, 6) is 0.0890. The van der Waals surface area contributed by atoms with Gasteiger partial charge in [0.25, 0.3) is 5.91 Å². The number of amides is 1. The van der Waals surface area contributed by atoms with Crippen molar-refractivity contribution in [2.24, 2.45) is 0 Å². The van der Waals surface area contributed by atoms with Crippen LogP contribution in [0.2, 0.25) is 0 Å². The first-order valence-electron chi connectivity index (χ1n) is 8.55. The van der Waals surface area contributed by atoms with Gasteiger partial charge in [0, 0.05) is 22.0 Å². The van der Waals surface area contributed by atoms with Crippen LogP contribution in [-0.4, -0.2) is 22.5 Å². The summed E-state index contributed by atoms with van der Waals surface area (Å²) in [5, 5.41) is 12.5. The first-order valence-corrected chi connectivity index (χ1v) is 9.37. The van der Waals surface area contributed by atoms with Crippen LogP contribution in [0.1, 0.15) is 17.0 Å². The number of nitrogens with one attached hydrogen (secondary N) is 1. The Morgan fingerprint density at radius 1 is 1.11 bits per heavy atom. The Morgan fingerprint density at radius 3 is 2.46 bits per heavy atom. The molecule has 0 fully saturated rings. The maximum atomic E-state index is 12.1. The fourth-order valence-electron chi connectivity index (χ4n) is 2.48. The number of rotatable bonds is 6. The predicted octanol–water partition coefficient (Wildman–Crippen LogP) is 4.13. The molecule has 1 heterocycles. The number of nitrogens with zero attached hydrogens (tertiary/aromatic N) is 3. The van der Waals surface area contributed by atoms with Gasteiger partial charge in [-0.05, 0) is 68.1 Å². The number of aryl methyl sites for hydroxylation is 2. The molecule has 0 aliphatic carbocycles. The monoisotopic (exact) mass is 390 g/mol. The Labute approximate surface area is 167 Å². The minimum Gasteiger partial charge on any atom is -0.482 e. The molecule has 0 unspecified atom stereocenters. The van der Waals surface area contributed by atoms with Crippen LogP contribution in [0.5, 0.6) is 5.75 Å². The Kier molecular flexibility index (Phi) is 6.25. The molecule has 2 aromatic carbocycles.